The van der Waals surface area contributed by atoms with Gasteiger partial charge in [-0.05, 0) is 24.6 Å². The Labute approximate surface area is 101 Å². The van der Waals surface area contributed by atoms with Gasteiger partial charge in [0.2, 0.25) is 0 Å². The molecule has 0 aliphatic heterocycles. The van der Waals surface area contributed by atoms with Gasteiger partial charge < -0.3 is 25.6 Å². The largest absolute Gasteiger partial charge is 0.494 e. The first-order chi connectivity index (χ1) is 8.22. The Morgan fingerprint density at radius 1 is 1.12 bits per heavy atom. The first kappa shape index (κ1) is 13.6. The van der Waals surface area contributed by atoms with Crippen molar-refractivity contribution in [3.8, 4) is 5.75 Å². The highest BCUT2D eigenvalue weighted by atomic mass is 16.5. The molecule has 0 aliphatic carbocycles. The van der Waals surface area contributed by atoms with Gasteiger partial charge in [-0.1, -0.05) is 0 Å². The van der Waals surface area contributed by atoms with Crippen LogP contribution in [0.1, 0.15) is 5.56 Å². The van der Waals surface area contributed by atoms with E-state index >= 15 is 0 Å². The Hall–Kier alpha value is -1.46. The normalized spacial score (nSPS) is 10.1. The van der Waals surface area contributed by atoms with Crippen molar-refractivity contribution in [2.45, 2.75) is 6.92 Å². The lowest BCUT2D eigenvalue weighted by Gasteiger charge is -2.15. The van der Waals surface area contributed by atoms with Crippen LogP contribution in [0.5, 0.6) is 5.75 Å². The molecule has 0 saturated heterocycles. The number of anilines is 2. The molecule has 1 rings (SSSR count). The summed E-state index contributed by atoms with van der Waals surface area (Å²) in [5.74, 6) is 0.771. The number of aryl methyl sites for hydroxylation is 1. The van der Waals surface area contributed by atoms with Gasteiger partial charge in [-0.3, -0.25) is 0 Å². The second kappa shape index (κ2) is 6.98. The highest BCUT2D eigenvalue weighted by Gasteiger charge is 2.08. The average Bonchev–Trinajstić information content (AvgIpc) is 2.33. The lowest BCUT2D eigenvalue weighted by Crippen LogP contribution is -2.10. The maximum absolute atomic E-state index is 8.82. The second-order valence-electron chi connectivity index (χ2n) is 3.67. The molecule has 0 saturated carbocycles. The molecule has 17 heavy (non-hydrogen) atoms. The number of aliphatic hydroxyl groups is 2. The summed E-state index contributed by atoms with van der Waals surface area (Å²) >= 11 is 0. The van der Waals surface area contributed by atoms with E-state index in [2.05, 4.69) is 10.6 Å². The van der Waals surface area contributed by atoms with Gasteiger partial charge in [-0.15, -0.1) is 0 Å². The van der Waals surface area contributed by atoms with E-state index in [4.69, 9.17) is 14.9 Å². The third-order valence-electron chi connectivity index (χ3n) is 2.35. The van der Waals surface area contributed by atoms with Gasteiger partial charge in [0.05, 0.1) is 26.0 Å². The zero-order valence-electron chi connectivity index (χ0n) is 10.3. The van der Waals surface area contributed by atoms with E-state index < -0.39 is 0 Å². The lowest BCUT2D eigenvalue weighted by molar-refractivity contribution is 0.310. The third-order valence-corrected chi connectivity index (χ3v) is 2.35. The molecule has 1 aromatic carbocycles. The molecular weight excluding hydrogens is 220 g/mol. The maximum atomic E-state index is 8.82. The Kier molecular flexibility index (Phi) is 5.59. The number of hydrogen-bond acceptors (Lipinski definition) is 5. The van der Waals surface area contributed by atoms with E-state index in [-0.39, 0.29) is 13.2 Å². The van der Waals surface area contributed by atoms with E-state index in [0.717, 1.165) is 22.7 Å². The predicted octanol–water partition coefficient (Wildman–Crippen LogP) is 0.812. The van der Waals surface area contributed by atoms with Crippen LogP contribution in [0.2, 0.25) is 0 Å². The Bertz CT molecular complexity index is 356. The summed E-state index contributed by atoms with van der Waals surface area (Å²) < 4.78 is 5.31. The molecule has 1 aromatic rings. The van der Waals surface area contributed by atoms with Crippen LogP contribution >= 0.6 is 0 Å². The smallest absolute Gasteiger partial charge is 0.145 e. The Morgan fingerprint density at radius 2 is 1.76 bits per heavy atom. The van der Waals surface area contributed by atoms with E-state index in [1.165, 1.54) is 0 Å². The quantitative estimate of drug-likeness (QED) is 0.567. The van der Waals surface area contributed by atoms with Crippen LogP contribution in [0.3, 0.4) is 0 Å². The fourth-order valence-electron chi connectivity index (χ4n) is 1.67. The molecule has 0 bridgehead atoms. The molecule has 96 valence electrons. The van der Waals surface area contributed by atoms with Gasteiger partial charge >= 0.3 is 0 Å². The van der Waals surface area contributed by atoms with Crippen molar-refractivity contribution in [2.24, 2.45) is 0 Å². The van der Waals surface area contributed by atoms with E-state index in [1.54, 1.807) is 7.11 Å². The minimum absolute atomic E-state index is 0.0660. The summed E-state index contributed by atoms with van der Waals surface area (Å²) in [5.41, 5.74) is 2.75. The van der Waals surface area contributed by atoms with Crippen molar-refractivity contribution < 1.29 is 14.9 Å². The van der Waals surface area contributed by atoms with Crippen molar-refractivity contribution in [1.29, 1.82) is 0 Å². The molecule has 0 spiro atoms. The zero-order valence-corrected chi connectivity index (χ0v) is 10.3. The summed E-state index contributed by atoms with van der Waals surface area (Å²) in [6.45, 7) is 3.08. The average molecular weight is 240 g/mol. The van der Waals surface area contributed by atoms with E-state index in [9.17, 15) is 0 Å². The predicted molar refractivity (Wildman–Crippen MR) is 68.9 cm³/mol. The number of nitrogens with one attached hydrogen (secondary N) is 2. The number of aliphatic hydroxyl groups excluding tert-OH is 2. The highest BCUT2D eigenvalue weighted by Crippen LogP contribution is 2.31. The van der Waals surface area contributed by atoms with Crippen LogP contribution < -0.4 is 15.4 Å². The van der Waals surface area contributed by atoms with Crippen molar-refractivity contribution in [1.82, 2.24) is 0 Å². The Balaban J connectivity index is 2.92. The molecule has 5 nitrogen and oxygen atoms in total. The molecular formula is C12H20N2O3. The molecule has 0 atom stereocenters. The van der Waals surface area contributed by atoms with E-state index in [1.807, 2.05) is 19.1 Å². The number of methoxy groups -OCH3 is 1. The van der Waals surface area contributed by atoms with Crippen LogP contribution in [-0.4, -0.2) is 43.6 Å². The van der Waals surface area contributed by atoms with Gasteiger partial charge in [0.1, 0.15) is 5.75 Å². The van der Waals surface area contributed by atoms with Crippen LogP contribution in [-0.2, 0) is 0 Å². The molecule has 0 amide bonds. The second-order valence-corrected chi connectivity index (χ2v) is 3.67. The maximum Gasteiger partial charge on any atom is 0.145 e. The zero-order chi connectivity index (χ0) is 12.7. The third kappa shape index (κ3) is 3.80. The van der Waals surface area contributed by atoms with Gasteiger partial charge in [0.15, 0.2) is 0 Å². The van der Waals surface area contributed by atoms with Crippen LogP contribution in [0, 0.1) is 6.92 Å². The van der Waals surface area contributed by atoms with Crippen LogP contribution in [0.15, 0.2) is 12.1 Å². The molecule has 4 N–H and O–H groups in total. The van der Waals surface area contributed by atoms with Crippen LogP contribution in [0.4, 0.5) is 11.4 Å². The monoisotopic (exact) mass is 240 g/mol. The molecule has 0 heterocycles. The fraction of sp³-hybridized carbons (Fsp3) is 0.500. The highest BCUT2D eigenvalue weighted by molar-refractivity contribution is 5.68. The molecule has 0 aromatic heterocycles. The van der Waals surface area contributed by atoms with Crippen molar-refractivity contribution in [2.75, 3.05) is 44.0 Å². The van der Waals surface area contributed by atoms with Crippen LogP contribution in [0.25, 0.3) is 0 Å². The number of hydrogen-bond donors (Lipinski definition) is 4. The number of benzene rings is 1. The lowest BCUT2D eigenvalue weighted by atomic mass is 10.1. The first-order valence-corrected chi connectivity index (χ1v) is 5.61. The molecule has 0 unspecified atom stereocenters. The van der Waals surface area contributed by atoms with Crippen molar-refractivity contribution in [3.05, 3.63) is 17.7 Å². The van der Waals surface area contributed by atoms with Crippen molar-refractivity contribution in [3.63, 3.8) is 0 Å². The minimum Gasteiger partial charge on any atom is -0.494 e. The molecule has 5 heteroatoms. The van der Waals surface area contributed by atoms with Gasteiger partial charge in [-0.25, -0.2) is 0 Å². The SMILES string of the molecule is COc1c(C)cc(NCCO)cc1NCCO. The minimum atomic E-state index is 0.0660. The Morgan fingerprint density at radius 3 is 2.35 bits per heavy atom. The summed E-state index contributed by atoms with van der Waals surface area (Å²) in [5, 5.41) is 23.8. The van der Waals surface area contributed by atoms with Crippen molar-refractivity contribution >= 4 is 11.4 Å². The summed E-state index contributed by atoms with van der Waals surface area (Å²) in [4.78, 5) is 0. The first-order valence-electron chi connectivity index (χ1n) is 5.61. The molecule has 0 aliphatic rings. The standard InChI is InChI=1S/C12H20N2O3/c1-9-7-10(13-3-5-15)8-11(12(9)17-2)14-4-6-16/h7-8,13-16H,3-6H2,1-2H3. The molecule has 0 radical (unpaired) electrons. The van der Waals surface area contributed by atoms with E-state index in [0.29, 0.717) is 13.1 Å². The summed E-state index contributed by atoms with van der Waals surface area (Å²) in [7, 11) is 1.62. The summed E-state index contributed by atoms with van der Waals surface area (Å²) in [6.07, 6.45) is 0. The van der Waals surface area contributed by atoms with Gasteiger partial charge in [0, 0.05) is 18.8 Å². The molecule has 0 fully saturated rings. The van der Waals surface area contributed by atoms with Gasteiger partial charge in [-0.2, -0.15) is 0 Å². The topological polar surface area (TPSA) is 73.8 Å². The fourth-order valence-corrected chi connectivity index (χ4v) is 1.67. The number of ether oxygens (including phenoxy) is 1. The number of rotatable bonds is 7. The summed E-state index contributed by atoms with van der Waals surface area (Å²) in [6, 6.07) is 3.86. The van der Waals surface area contributed by atoms with Gasteiger partial charge in [0.25, 0.3) is 0 Å².